The third-order valence-electron chi connectivity index (χ3n) is 12.6. The maximum absolute atomic E-state index is 13.7. The maximum atomic E-state index is 13.7. The molecule has 5 heterocycles. The number of rotatable bonds is 20. The summed E-state index contributed by atoms with van der Waals surface area (Å²) in [5.74, 6) is -1.65. The third kappa shape index (κ3) is 11.5. The van der Waals surface area contributed by atoms with Gasteiger partial charge in [-0.2, -0.15) is 0 Å². The van der Waals surface area contributed by atoms with Crippen LogP contribution in [0.2, 0.25) is 0 Å². The molecule has 7 N–H and O–H groups in total. The van der Waals surface area contributed by atoms with Crippen LogP contribution in [0.3, 0.4) is 0 Å². The minimum Gasteiger partial charge on any atom is -0.384 e. The lowest BCUT2D eigenvalue weighted by Gasteiger charge is -2.35. The number of piperidine rings is 1. The van der Waals surface area contributed by atoms with Crippen molar-refractivity contribution in [3.8, 4) is 11.1 Å². The Morgan fingerprint density at radius 1 is 0.882 bits per heavy atom. The van der Waals surface area contributed by atoms with Gasteiger partial charge >= 0.3 is 0 Å². The lowest BCUT2D eigenvalue weighted by atomic mass is 9.97. The standard InChI is InChI=1S/C50H61N11O7/c1-30(2)56-40-26-34(25-36(37(40)27-51)46(64)55-29-38-31(3)24-32(4)57-47(38)65)33-13-15-42(54-28-33)60-22-20-59(21-23-60)19-18-53-43(62)12-7-5-6-8-17-52-39-11-9-10-35-45(39)50(68)61(49(35)67)41-14-16-44(63)58-48(41)66/h9-11,13,15,24-28,30,41,51-52,56H,5-8,12,14,16-23,29H2,1-4H3,(H,53,62)(H,55,64)(H,57,65)(H,58,63,66). The van der Waals surface area contributed by atoms with Crippen molar-refractivity contribution in [1.29, 1.82) is 5.41 Å². The fourth-order valence-corrected chi connectivity index (χ4v) is 8.99. The summed E-state index contributed by atoms with van der Waals surface area (Å²) in [5.41, 5.74) is 5.79. The predicted molar refractivity (Wildman–Crippen MR) is 260 cm³/mol. The van der Waals surface area contributed by atoms with E-state index in [1.165, 1.54) is 6.21 Å². The minimum atomic E-state index is -1.01. The van der Waals surface area contributed by atoms with Crippen molar-refractivity contribution in [3.63, 3.8) is 0 Å². The van der Waals surface area contributed by atoms with Gasteiger partial charge in [0, 0.05) is 117 Å². The fraction of sp³-hybridized carbons (Fsp3) is 0.420. The average Bonchev–Trinajstić information content (AvgIpc) is 3.56. The summed E-state index contributed by atoms with van der Waals surface area (Å²) in [6.45, 7) is 12.8. The summed E-state index contributed by atoms with van der Waals surface area (Å²) in [5, 5.41) is 23.0. The number of aromatic nitrogens is 2. The summed E-state index contributed by atoms with van der Waals surface area (Å²) < 4.78 is 0. The minimum absolute atomic E-state index is 0.0240. The van der Waals surface area contributed by atoms with Gasteiger partial charge < -0.3 is 36.6 Å². The van der Waals surface area contributed by atoms with E-state index in [1.54, 1.807) is 30.5 Å². The van der Waals surface area contributed by atoms with Crippen molar-refractivity contribution >= 4 is 58.9 Å². The van der Waals surface area contributed by atoms with Gasteiger partial charge in [0.25, 0.3) is 23.3 Å². The zero-order chi connectivity index (χ0) is 48.5. The van der Waals surface area contributed by atoms with Crippen molar-refractivity contribution < 1.29 is 28.8 Å². The number of aromatic amines is 1. The Balaban J connectivity index is 0.814. The predicted octanol–water partition coefficient (Wildman–Crippen LogP) is 4.50. The molecule has 0 bridgehead atoms. The molecule has 68 heavy (non-hydrogen) atoms. The number of unbranched alkanes of at least 4 members (excludes halogenated alkanes) is 3. The molecule has 2 fully saturated rings. The molecule has 2 aromatic heterocycles. The Hall–Kier alpha value is -7.21. The Labute approximate surface area is 395 Å². The van der Waals surface area contributed by atoms with Crippen LogP contribution in [-0.4, -0.2) is 119 Å². The first kappa shape index (κ1) is 48.7. The van der Waals surface area contributed by atoms with Crippen molar-refractivity contribution in [2.75, 3.05) is 61.3 Å². The first-order valence-corrected chi connectivity index (χ1v) is 23.4. The summed E-state index contributed by atoms with van der Waals surface area (Å²) in [4.78, 5) is 102. The number of carbonyl (C=O) groups is 6. The van der Waals surface area contributed by atoms with Crippen LogP contribution in [0.15, 0.2) is 59.5 Å². The first-order chi connectivity index (χ1) is 32.7. The van der Waals surface area contributed by atoms with Gasteiger partial charge in [-0.3, -0.25) is 48.7 Å². The molecule has 1 atom stereocenters. The van der Waals surface area contributed by atoms with E-state index in [-0.39, 0.29) is 48.0 Å². The molecule has 1 unspecified atom stereocenters. The number of fused-ring (bicyclic) bond motifs is 1. The number of anilines is 3. The number of nitrogens with one attached hydrogen (secondary N) is 7. The summed E-state index contributed by atoms with van der Waals surface area (Å²) >= 11 is 0. The maximum Gasteiger partial charge on any atom is 0.264 e. The van der Waals surface area contributed by atoms with Crippen molar-refractivity contribution in [2.24, 2.45) is 0 Å². The Kier molecular flexibility index (Phi) is 15.8. The number of hydrogen-bond donors (Lipinski definition) is 7. The monoisotopic (exact) mass is 927 g/mol. The van der Waals surface area contributed by atoms with Gasteiger partial charge in [0.1, 0.15) is 11.9 Å². The molecular weight excluding hydrogens is 867 g/mol. The second-order valence-electron chi connectivity index (χ2n) is 17.9. The van der Waals surface area contributed by atoms with Crippen molar-refractivity contribution in [3.05, 3.63) is 104 Å². The molecular formula is C50H61N11O7. The molecule has 2 aromatic carbocycles. The van der Waals surface area contributed by atoms with Crippen LogP contribution < -0.4 is 37.0 Å². The van der Waals surface area contributed by atoms with Crippen LogP contribution in [0.5, 0.6) is 0 Å². The average molecular weight is 928 g/mol. The highest BCUT2D eigenvalue weighted by Crippen LogP contribution is 2.33. The van der Waals surface area contributed by atoms with Crippen LogP contribution >= 0.6 is 0 Å². The number of hydrogen-bond acceptors (Lipinski definition) is 13. The normalized spacial score (nSPS) is 16.2. The summed E-state index contributed by atoms with van der Waals surface area (Å²) in [6.07, 6.45) is 6.88. The highest BCUT2D eigenvalue weighted by molar-refractivity contribution is 6.25. The first-order valence-electron chi connectivity index (χ1n) is 23.4. The summed E-state index contributed by atoms with van der Waals surface area (Å²) in [6, 6.07) is 13.6. The Morgan fingerprint density at radius 3 is 2.37 bits per heavy atom. The zero-order valence-corrected chi connectivity index (χ0v) is 39.2. The second kappa shape index (κ2) is 22.1. The quantitative estimate of drug-likeness (QED) is 0.0368. The molecule has 7 rings (SSSR count). The third-order valence-corrected chi connectivity index (χ3v) is 12.6. The van der Waals surface area contributed by atoms with E-state index in [9.17, 15) is 33.6 Å². The molecule has 0 radical (unpaired) electrons. The molecule has 3 aliphatic heterocycles. The van der Waals surface area contributed by atoms with E-state index < -0.39 is 35.6 Å². The van der Waals surface area contributed by atoms with E-state index in [4.69, 9.17) is 10.4 Å². The lowest BCUT2D eigenvalue weighted by molar-refractivity contribution is -0.136. The molecule has 4 aromatic rings. The number of amides is 6. The molecule has 2 saturated heterocycles. The van der Waals surface area contributed by atoms with Crippen LogP contribution in [0.4, 0.5) is 17.2 Å². The number of piperazine rings is 1. The van der Waals surface area contributed by atoms with Crippen molar-refractivity contribution in [2.45, 2.75) is 91.3 Å². The zero-order valence-electron chi connectivity index (χ0n) is 39.2. The Morgan fingerprint density at radius 2 is 1.66 bits per heavy atom. The van der Waals surface area contributed by atoms with Gasteiger partial charge in [0.2, 0.25) is 17.7 Å². The molecule has 358 valence electrons. The largest absolute Gasteiger partial charge is 0.384 e. The molecule has 18 nitrogen and oxygen atoms in total. The molecule has 6 amide bonds. The SMILES string of the molecule is Cc1cc(C)c(CNC(=O)c2cc(-c3ccc(N4CCN(CCNC(=O)CCCCCCNc5cccc6c5C(=O)N(C5CCC(=O)NC5=O)C6=O)CC4)nc3)cc(NC(C)C)c2C=N)c(=O)[nH]1. The number of nitrogens with zero attached hydrogens (tertiary/aromatic N) is 4. The van der Waals surface area contributed by atoms with E-state index in [0.717, 1.165) is 91.5 Å². The van der Waals surface area contributed by atoms with Gasteiger partial charge in [-0.25, -0.2) is 4.98 Å². The number of H-pyrrole nitrogens is 1. The van der Waals surface area contributed by atoms with Crippen LogP contribution in [0.25, 0.3) is 11.1 Å². The van der Waals surface area contributed by atoms with Crippen LogP contribution in [-0.2, 0) is 20.9 Å². The summed E-state index contributed by atoms with van der Waals surface area (Å²) in [7, 11) is 0. The van der Waals surface area contributed by atoms with E-state index >= 15 is 0 Å². The molecule has 18 heteroatoms. The van der Waals surface area contributed by atoms with E-state index in [0.29, 0.717) is 47.6 Å². The fourth-order valence-electron chi connectivity index (χ4n) is 8.99. The molecule has 0 spiro atoms. The highest BCUT2D eigenvalue weighted by atomic mass is 16.2. The number of imide groups is 2. The van der Waals surface area contributed by atoms with Crippen molar-refractivity contribution in [1.82, 2.24) is 35.7 Å². The smallest absolute Gasteiger partial charge is 0.264 e. The topological polar surface area (TPSA) is 242 Å². The van der Waals surface area contributed by atoms with Crippen LogP contribution in [0.1, 0.15) is 112 Å². The van der Waals surface area contributed by atoms with Gasteiger partial charge in [-0.05, 0) is 101 Å². The number of carbonyl (C=O) groups excluding carboxylic acids is 6. The molecule has 0 aliphatic carbocycles. The van der Waals surface area contributed by atoms with E-state index in [2.05, 4.69) is 41.4 Å². The second-order valence-corrected chi connectivity index (χ2v) is 17.9. The van der Waals surface area contributed by atoms with Crippen LogP contribution in [0, 0.1) is 19.3 Å². The highest BCUT2D eigenvalue weighted by Gasteiger charge is 2.45. The molecule has 0 saturated carbocycles. The molecule has 3 aliphatic rings. The number of benzene rings is 2. The lowest BCUT2D eigenvalue weighted by Crippen LogP contribution is -2.54. The van der Waals surface area contributed by atoms with Gasteiger partial charge in [-0.1, -0.05) is 18.9 Å². The van der Waals surface area contributed by atoms with E-state index in [1.807, 2.05) is 52.0 Å². The van der Waals surface area contributed by atoms with Gasteiger partial charge in [0.05, 0.1) is 16.7 Å². The van der Waals surface area contributed by atoms with Gasteiger partial charge in [-0.15, -0.1) is 0 Å². The number of pyridine rings is 2. The van der Waals surface area contributed by atoms with Gasteiger partial charge in [0.15, 0.2) is 0 Å². The number of aryl methyl sites for hydroxylation is 2. The Bertz CT molecular complexity index is 2640.